The van der Waals surface area contributed by atoms with Gasteiger partial charge in [0, 0.05) is 13.2 Å². The molecule has 0 saturated heterocycles. The molecule has 1 aromatic heterocycles. The molecule has 0 radical (unpaired) electrons. The summed E-state index contributed by atoms with van der Waals surface area (Å²) in [6.07, 6.45) is 2.53. The van der Waals surface area contributed by atoms with Crippen molar-refractivity contribution in [2.45, 2.75) is 23.3 Å². The molecule has 0 unspecified atom stereocenters. The van der Waals surface area contributed by atoms with Gasteiger partial charge in [-0.3, -0.25) is 4.79 Å². The van der Waals surface area contributed by atoms with Crippen LogP contribution >= 0.6 is 0 Å². The van der Waals surface area contributed by atoms with Gasteiger partial charge in [-0.2, -0.15) is 0 Å². The van der Waals surface area contributed by atoms with E-state index in [2.05, 4.69) is 4.72 Å². The molecular formula is C10H15N3O4S. The van der Waals surface area contributed by atoms with Crippen LogP contribution in [0.15, 0.2) is 17.2 Å². The molecule has 7 nitrogen and oxygen atoms in total. The fourth-order valence-corrected chi connectivity index (χ4v) is 3.23. The lowest BCUT2D eigenvalue weighted by molar-refractivity contribution is 0.0992. The van der Waals surface area contributed by atoms with Crippen molar-refractivity contribution in [2.75, 3.05) is 6.61 Å². The first-order chi connectivity index (χ1) is 8.30. The molecule has 18 heavy (non-hydrogen) atoms. The average molecular weight is 273 g/mol. The van der Waals surface area contributed by atoms with Crippen LogP contribution in [0.2, 0.25) is 0 Å². The molecule has 1 amide bonds. The fourth-order valence-electron chi connectivity index (χ4n) is 1.71. The molecule has 1 saturated carbocycles. The van der Waals surface area contributed by atoms with E-state index in [1.165, 1.54) is 23.9 Å². The van der Waals surface area contributed by atoms with E-state index in [0.717, 1.165) is 0 Å². The molecule has 0 atom stereocenters. The molecule has 4 N–H and O–H groups in total. The van der Waals surface area contributed by atoms with Gasteiger partial charge in [0.2, 0.25) is 10.0 Å². The molecule has 1 aliphatic rings. The molecule has 1 aliphatic carbocycles. The molecule has 100 valence electrons. The van der Waals surface area contributed by atoms with Gasteiger partial charge < -0.3 is 15.4 Å². The second-order valence-electron chi connectivity index (χ2n) is 4.58. The van der Waals surface area contributed by atoms with Crippen LogP contribution in [-0.4, -0.2) is 36.1 Å². The summed E-state index contributed by atoms with van der Waals surface area (Å²) >= 11 is 0. The molecule has 0 aliphatic heterocycles. The first kappa shape index (κ1) is 13.1. The Morgan fingerprint density at radius 3 is 2.61 bits per heavy atom. The average Bonchev–Trinajstić information content (AvgIpc) is 2.90. The number of nitrogens with one attached hydrogen (secondary N) is 1. The maximum absolute atomic E-state index is 12.0. The number of carbonyl (C=O) groups is 1. The number of aryl methyl sites for hydroxylation is 1. The second kappa shape index (κ2) is 4.08. The van der Waals surface area contributed by atoms with Crippen LogP contribution in [0.5, 0.6) is 0 Å². The van der Waals surface area contributed by atoms with Crippen LogP contribution in [0, 0.1) is 0 Å². The smallest absolute Gasteiger partial charge is 0.265 e. The van der Waals surface area contributed by atoms with Gasteiger partial charge in [0.25, 0.3) is 5.91 Å². The van der Waals surface area contributed by atoms with Crippen molar-refractivity contribution in [1.82, 2.24) is 9.29 Å². The SMILES string of the molecule is Cn1cc(S(=O)(=O)NC2(CO)CC2)cc1C(N)=O. The summed E-state index contributed by atoms with van der Waals surface area (Å²) in [5.74, 6) is -0.692. The summed E-state index contributed by atoms with van der Waals surface area (Å²) in [5, 5.41) is 9.11. The summed E-state index contributed by atoms with van der Waals surface area (Å²) in [6.45, 7) is -0.234. The summed E-state index contributed by atoms with van der Waals surface area (Å²) in [4.78, 5) is 11.0. The van der Waals surface area contributed by atoms with E-state index in [0.29, 0.717) is 12.8 Å². The number of sulfonamides is 1. The van der Waals surface area contributed by atoms with Crippen LogP contribution in [0.3, 0.4) is 0 Å². The minimum absolute atomic E-state index is 0.0291. The standard InChI is InChI=1S/C10H15N3O4S/c1-13-5-7(4-8(13)9(11)15)18(16,17)12-10(6-14)2-3-10/h4-5,12,14H,2-3,6H2,1H3,(H2,11,15). The van der Waals surface area contributed by atoms with Crippen molar-refractivity contribution in [3.05, 3.63) is 18.0 Å². The zero-order valence-electron chi connectivity index (χ0n) is 9.88. The number of aliphatic hydroxyl groups is 1. The first-order valence-corrected chi connectivity index (χ1v) is 6.89. The summed E-state index contributed by atoms with van der Waals surface area (Å²) in [5.41, 5.74) is 4.50. The largest absolute Gasteiger partial charge is 0.394 e. The van der Waals surface area contributed by atoms with E-state index >= 15 is 0 Å². The molecule has 2 rings (SSSR count). The van der Waals surface area contributed by atoms with Crippen LogP contribution in [0.4, 0.5) is 0 Å². The summed E-state index contributed by atoms with van der Waals surface area (Å²) < 4.78 is 27.9. The highest BCUT2D eigenvalue weighted by molar-refractivity contribution is 7.89. The van der Waals surface area contributed by atoms with Gasteiger partial charge in [-0.15, -0.1) is 0 Å². The molecule has 0 aromatic carbocycles. The van der Waals surface area contributed by atoms with Crippen LogP contribution < -0.4 is 10.5 Å². The van der Waals surface area contributed by atoms with Gasteiger partial charge in [-0.25, -0.2) is 13.1 Å². The van der Waals surface area contributed by atoms with Gasteiger partial charge in [-0.05, 0) is 18.9 Å². The highest BCUT2D eigenvalue weighted by Crippen LogP contribution is 2.36. The molecule has 1 aromatic rings. The fraction of sp³-hybridized carbons (Fsp3) is 0.500. The number of rotatable bonds is 5. The van der Waals surface area contributed by atoms with E-state index in [1.54, 1.807) is 0 Å². The van der Waals surface area contributed by atoms with Gasteiger partial charge in [0.1, 0.15) is 10.6 Å². The number of hydrogen-bond acceptors (Lipinski definition) is 4. The van der Waals surface area contributed by atoms with E-state index < -0.39 is 21.5 Å². The van der Waals surface area contributed by atoms with E-state index in [4.69, 9.17) is 10.8 Å². The van der Waals surface area contributed by atoms with Gasteiger partial charge >= 0.3 is 0 Å². The zero-order valence-corrected chi connectivity index (χ0v) is 10.7. The predicted molar refractivity (Wildman–Crippen MR) is 63.3 cm³/mol. The monoisotopic (exact) mass is 273 g/mol. The number of amides is 1. The topological polar surface area (TPSA) is 114 Å². The minimum atomic E-state index is -3.74. The molecule has 1 fully saturated rings. The van der Waals surface area contributed by atoms with Crippen LogP contribution in [0.1, 0.15) is 23.3 Å². The van der Waals surface area contributed by atoms with E-state index in [-0.39, 0.29) is 17.2 Å². The molecular weight excluding hydrogens is 258 g/mol. The number of hydrogen-bond donors (Lipinski definition) is 3. The van der Waals surface area contributed by atoms with Crippen molar-refractivity contribution in [3.8, 4) is 0 Å². The van der Waals surface area contributed by atoms with E-state index in [9.17, 15) is 13.2 Å². The van der Waals surface area contributed by atoms with Crippen molar-refractivity contribution in [2.24, 2.45) is 12.8 Å². The Morgan fingerprint density at radius 1 is 1.61 bits per heavy atom. The first-order valence-electron chi connectivity index (χ1n) is 5.41. The van der Waals surface area contributed by atoms with Crippen molar-refractivity contribution >= 4 is 15.9 Å². The Labute approximate surface area is 105 Å². The lowest BCUT2D eigenvalue weighted by atomic mass is 10.3. The summed E-state index contributed by atoms with van der Waals surface area (Å²) in [6, 6.07) is 1.22. The van der Waals surface area contributed by atoms with Crippen molar-refractivity contribution < 1.29 is 18.3 Å². The number of carbonyl (C=O) groups excluding carboxylic acids is 1. The molecule has 0 bridgehead atoms. The Morgan fingerprint density at radius 2 is 2.22 bits per heavy atom. The number of nitrogens with zero attached hydrogens (tertiary/aromatic N) is 1. The lowest BCUT2D eigenvalue weighted by Gasteiger charge is -2.13. The predicted octanol–water partition coefficient (Wildman–Crippen LogP) is -1.07. The Balaban J connectivity index is 2.30. The molecule has 0 spiro atoms. The maximum atomic E-state index is 12.0. The second-order valence-corrected chi connectivity index (χ2v) is 6.26. The normalized spacial score (nSPS) is 17.7. The van der Waals surface area contributed by atoms with Crippen molar-refractivity contribution in [1.29, 1.82) is 0 Å². The van der Waals surface area contributed by atoms with Crippen LogP contribution in [-0.2, 0) is 17.1 Å². The Hall–Kier alpha value is -1.38. The number of aromatic nitrogens is 1. The third-order valence-electron chi connectivity index (χ3n) is 3.05. The highest BCUT2D eigenvalue weighted by atomic mass is 32.2. The maximum Gasteiger partial charge on any atom is 0.265 e. The van der Waals surface area contributed by atoms with Crippen molar-refractivity contribution in [3.63, 3.8) is 0 Å². The van der Waals surface area contributed by atoms with Crippen LogP contribution in [0.25, 0.3) is 0 Å². The Kier molecular flexibility index (Phi) is 2.96. The third kappa shape index (κ3) is 2.26. The number of primary amides is 1. The number of nitrogens with two attached hydrogens (primary N) is 1. The highest BCUT2D eigenvalue weighted by Gasteiger charge is 2.45. The lowest BCUT2D eigenvalue weighted by Crippen LogP contribution is -2.39. The molecule has 8 heteroatoms. The van der Waals surface area contributed by atoms with E-state index in [1.807, 2.05) is 0 Å². The summed E-state index contributed by atoms with van der Waals surface area (Å²) in [7, 11) is -2.20. The molecule has 1 heterocycles. The minimum Gasteiger partial charge on any atom is -0.394 e. The van der Waals surface area contributed by atoms with Gasteiger partial charge in [0.15, 0.2) is 0 Å². The Bertz CT molecular complexity index is 586. The zero-order chi connectivity index (χ0) is 13.6. The quantitative estimate of drug-likeness (QED) is 0.633. The third-order valence-corrected chi connectivity index (χ3v) is 4.60. The number of aliphatic hydroxyl groups excluding tert-OH is 1. The van der Waals surface area contributed by atoms with Gasteiger partial charge in [0.05, 0.1) is 12.1 Å². The van der Waals surface area contributed by atoms with Gasteiger partial charge in [-0.1, -0.05) is 0 Å².